The van der Waals surface area contributed by atoms with Gasteiger partial charge in [-0.3, -0.25) is 0 Å². The summed E-state index contributed by atoms with van der Waals surface area (Å²) < 4.78 is 5.09. The van der Waals surface area contributed by atoms with Gasteiger partial charge in [-0.1, -0.05) is 24.3 Å². The Kier molecular flexibility index (Phi) is 3.85. The number of hydrogen-bond acceptors (Lipinski definition) is 5. The van der Waals surface area contributed by atoms with Crippen molar-refractivity contribution in [3.8, 4) is 0 Å². The van der Waals surface area contributed by atoms with Crippen LogP contribution in [-0.2, 0) is 4.74 Å². The van der Waals surface area contributed by atoms with Crippen LogP contribution in [0.1, 0.15) is 0 Å². The summed E-state index contributed by atoms with van der Waals surface area (Å²) in [6.45, 7) is 1.03. The first-order valence-corrected chi connectivity index (χ1v) is 5.51. The Labute approximate surface area is 100.0 Å². The number of anilines is 1. The zero-order valence-electron chi connectivity index (χ0n) is 9.76. The third-order valence-corrected chi connectivity index (χ3v) is 2.56. The molecule has 0 amide bonds. The quantitative estimate of drug-likeness (QED) is 0.805. The average molecular weight is 232 g/mol. The Morgan fingerprint density at radius 3 is 3.00 bits per heavy atom. The summed E-state index contributed by atoms with van der Waals surface area (Å²) in [6, 6.07) is 8.00. The maximum Gasteiger partial charge on any atom is 0.156 e. The van der Waals surface area contributed by atoms with Crippen molar-refractivity contribution in [2.24, 2.45) is 5.73 Å². The maximum atomic E-state index is 5.66. The summed E-state index contributed by atoms with van der Waals surface area (Å²) in [7, 11) is 1.65. The summed E-state index contributed by atoms with van der Waals surface area (Å²) >= 11 is 0. The molecule has 1 aromatic carbocycles. The van der Waals surface area contributed by atoms with E-state index in [1.165, 1.54) is 0 Å². The van der Waals surface area contributed by atoms with E-state index in [0.29, 0.717) is 13.2 Å². The first-order valence-electron chi connectivity index (χ1n) is 5.51. The highest BCUT2D eigenvalue weighted by Gasteiger charge is 2.09. The molecule has 0 spiro atoms. The summed E-state index contributed by atoms with van der Waals surface area (Å²) in [5.74, 6) is 0.746. The van der Waals surface area contributed by atoms with Gasteiger partial charge in [0, 0.05) is 24.4 Å². The van der Waals surface area contributed by atoms with Crippen molar-refractivity contribution in [3.05, 3.63) is 30.5 Å². The third-order valence-electron chi connectivity index (χ3n) is 2.56. The highest BCUT2D eigenvalue weighted by Crippen LogP contribution is 2.19. The Hall–Kier alpha value is -1.72. The number of fused-ring (bicyclic) bond motifs is 1. The van der Waals surface area contributed by atoms with Crippen molar-refractivity contribution in [2.45, 2.75) is 6.04 Å². The normalized spacial score (nSPS) is 12.6. The smallest absolute Gasteiger partial charge is 0.156 e. The fourth-order valence-electron chi connectivity index (χ4n) is 1.70. The molecule has 2 aromatic rings. The molecule has 0 aliphatic rings. The van der Waals surface area contributed by atoms with Crippen LogP contribution in [0, 0.1) is 0 Å². The lowest BCUT2D eigenvalue weighted by atomic mass is 10.2. The minimum Gasteiger partial charge on any atom is -0.383 e. The Morgan fingerprint density at radius 1 is 1.41 bits per heavy atom. The van der Waals surface area contributed by atoms with Crippen LogP contribution >= 0.6 is 0 Å². The zero-order chi connectivity index (χ0) is 12.1. The lowest BCUT2D eigenvalue weighted by Gasteiger charge is -2.16. The molecule has 90 valence electrons. The predicted molar refractivity (Wildman–Crippen MR) is 67.9 cm³/mol. The molecule has 17 heavy (non-hydrogen) atoms. The standard InChI is InChI=1S/C12H16N4O/c1-17-8-10(6-13)15-12-11-5-3-2-4-9(11)7-14-16-12/h2-5,7,10H,6,8,13H2,1H3,(H,15,16). The fourth-order valence-corrected chi connectivity index (χ4v) is 1.70. The molecule has 1 unspecified atom stereocenters. The minimum absolute atomic E-state index is 0.0418. The number of aromatic nitrogens is 2. The van der Waals surface area contributed by atoms with Gasteiger partial charge in [-0.05, 0) is 0 Å². The molecule has 0 aliphatic carbocycles. The Balaban J connectivity index is 2.28. The molecule has 0 saturated carbocycles. The molecule has 0 bridgehead atoms. The SMILES string of the molecule is COCC(CN)Nc1nncc2ccccc12. The van der Waals surface area contributed by atoms with E-state index in [0.717, 1.165) is 16.6 Å². The highest BCUT2D eigenvalue weighted by molar-refractivity contribution is 5.90. The second kappa shape index (κ2) is 5.56. The average Bonchev–Trinajstić information content (AvgIpc) is 2.38. The minimum atomic E-state index is 0.0418. The van der Waals surface area contributed by atoms with Crippen LogP contribution in [0.4, 0.5) is 5.82 Å². The second-order valence-corrected chi connectivity index (χ2v) is 3.81. The molecule has 0 radical (unpaired) electrons. The number of rotatable bonds is 5. The van der Waals surface area contributed by atoms with E-state index in [9.17, 15) is 0 Å². The van der Waals surface area contributed by atoms with Crippen molar-refractivity contribution in [1.29, 1.82) is 0 Å². The van der Waals surface area contributed by atoms with Gasteiger partial charge in [-0.2, -0.15) is 5.10 Å². The van der Waals surface area contributed by atoms with Gasteiger partial charge in [-0.25, -0.2) is 0 Å². The highest BCUT2D eigenvalue weighted by atomic mass is 16.5. The van der Waals surface area contributed by atoms with Crippen LogP contribution in [0.15, 0.2) is 30.5 Å². The van der Waals surface area contributed by atoms with E-state index in [-0.39, 0.29) is 6.04 Å². The van der Waals surface area contributed by atoms with E-state index >= 15 is 0 Å². The van der Waals surface area contributed by atoms with E-state index in [1.807, 2.05) is 24.3 Å². The number of hydrogen-bond donors (Lipinski definition) is 2. The van der Waals surface area contributed by atoms with Gasteiger partial charge in [0.2, 0.25) is 0 Å². The van der Waals surface area contributed by atoms with E-state index in [4.69, 9.17) is 10.5 Å². The lowest BCUT2D eigenvalue weighted by molar-refractivity contribution is 0.187. The summed E-state index contributed by atoms with van der Waals surface area (Å²) in [4.78, 5) is 0. The number of benzene rings is 1. The van der Waals surface area contributed by atoms with E-state index in [1.54, 1.807) is 13.3 Å². The fraction of sp³-hybridized carbons (Fsp3) is 0.333. The largest absolute Gasteiger partial charge is 0.383 e. The van der Waals surface area contributed by atoms with Crippen LogP contribution in [0.5, 0.6) is 0 Å². The lowest BCUT2D eigenvalue weighted by Crippen LogP contribution is -2.33. The Morgan fingerprint density at radius 2 is 2.24 bits per heavy atom. The van der Waals surface area contributed by atoms with Gasteiger partial charge in [0.05, 0.1) is 18.8 Å². The molecular formula is C12H16N4O. The molecule has 5 heteroatoms. The van der Waals surface area contributed by atoms with Crippen LogP contribution in [0.2, 0.25) is 0 Å². The molecule has 3 N–H and O–H groups in total. The maximum absolute atomic E-state index is 5.66. The number of ether oxygens (including phenoxy) is 1. The predicted octanol–water partition coefficient (Wildman–Crippen LogP) is 1.02. The summed E-state index contributed by atoms with van der Waals surface area (Å²) in [5, 5.41) is 13.4. The van der Waals surface area contributed by atoms with Crippen molar-refractivity contribution >= 4 is 16.6 Å². The number of nitrogens with two attached hydrogens (primary N) is 1. The van der Waals surface area contributed by atoms with Gasteiger partial charge < -0.3 is 15.8 Å². The van der Waals surface area contributed by atoms with Crippen molar-refractivity contribution in [1.82, 2.24) is 10.2 Å². The monoisotopic (exact) mass is 232 g/mol. The number of nitrogens with one attached hydrogen (secondary N) is 1. The topological polar surface area (TPSA) is 73.1 Å². The molecule has 1 aromatic heterocycles. The van der Waals surface area contributed by atoms with E-state index < -0.39 is 0 Å². The van der Waals surface area contributed by atoms with Gasteiger partial charge in [0.15, 0.2) is 5.82 Å². The first-order chi connectivity index (χ1) is 8.35. The van der Waals surface area contributed by atoms with Crippen LogP contribution in [0.25, 0.3) is 10.8 Å². The molecule has 5 nitrogen and oxygen atoms in total. The molecule has 0 saturated heterocycles. The third kappa shape index (κ3) is 2.69. The molecule has 1 atom stereocenters. The molecule has 0 aliphatic heterocycles. The number of methoxy groups -OCH3 is 1. The Bertz CT molecular complexity index is 483. The first kappa shape index (κ1) is 11.8. The molecule has 0 fully saturated rings. The van der Waals surface area contributed by atoms with Crippen LogP contribution in [0.3, 0.4) is 0 Å². The second-order valence-electron chi connectivity index (χ2n) is 3.81. The number of nitrogens with zero attached hydrogens (tertiary/aromatic N) is 2. The zero-order valence-corrected chi connectivity index (χ0v) is 9.76. The van der Waals surface area contributed by atoms with Crippen LogP contribution in [-0.4, -0.2) is 36.5 Å². The van der Waals surface area contributed by atoms with Gasteiger partial charge in [-0.15, -0.1) is 5.10 Å². The summed E-state index contributed by atoms with van der Waals surface area (Å²) in [6.07, 6.45) is 1.74. The van der Waals surface area contributed by atoms with E-state index in [2.05, 4.69) is 15.5 Å². The molecule has 2 rings (SSSR count). The molecular weight excluding hydrogens is 216 g/mol. The molecule has 1 heterocycles. The van der Waals surface area contributed by atoms with Gasteiger partial charge >= 0.3 is 0 Å². The van der Waals surface area contributed by atoms with Gasteiger partial charge in [0.1, 0.15) is 0 Å². The van der Waals surface area contributed by atoms with Crippen molar-refractivity contribution in [3.63, 3.8) is 0 Å². The van der Waals surface area contributed by atoms with Crippen molar-refractivity contribution < 1.29 is 4.74 Å². The summed E-state index contributed by atoms with van der Waals surface area (Å²) in [5.41, 5.74) is 5.66. The van der Waals surface area contributed by atoms with Gasteiger partial charge in [0.25, 0.3) is 0 Å². The van der Waals surface area contributed by atoms with Crippen molar-refractivity contribution in [2.75, 3.05) is 25.6 Å². The van der Waals surface area contributed by atoms with Crippen LogP contribution < -0.4 is 11.1 Å².